The Balaban J connectivity index is 1.84. The highest BCUT2D eigenvalue weighted by Crippen LogP contribution is 2.37. The number of amides is 2. The van der Waals surface area contributed by atoms with Gasteiger partial charge in [0.1, 0.15) is 5.60 Å². The summed E-state index contributed by atoms with van der Waals surface area (Å²) >= 11 is 5.74. The lowest BCUT2D eigenvalue weighted by Gasteiger charge is -2.39. The lowest BCUT2D eigenvalue weighted by atomic mass is 9.92. The summed E-state index contributed by atoms with van der Waals surface area (Å²) < 4.78 is 73.0. The van der Waals surface area contributed by atoms with Crippen LogP contribution in [0.5, 0.6) is 0 Å². The zero-order valence-electron chi connectivity index (χ0n) is 21.0. The van der Waals surface area contributed by atoms with Crippen molar-refractivity contribution in [1.82, 2.24) is 19.8 Å². The maximum absolute atomic E-state index is 14.3. The first-order chi connectivity index (χ1) is 18.0. The zero-order chi connectivity index (χ0) is 29.0. The van der Waals surface area contributed by atoms with Crippen LogP contribution in [0.1, 0.15) is 54.1 Å². The number of ether oxygens (including phenoxy) is 1. The largest absolute Gasteiger partial charge is 0.444 e. The van der Waals surface area contributed by atoms with Crippen LogP contribution in [-0.4, -0.2) is 51.0 Å². The lowest BCUT2D eigenvalue weighted by Crippen LogP contribution is -2.47. The van der Waals surface area contributed by atoms with Crippen molar-refractivity contribution in [3.8, 4) is 0 Å². The van der Waals surface area contributed by atoms with E-state index in [0.717, 1.165) is 23.1 Å². The predicted octanol–water partition coefficient (Wildman–Crippen LogP) is 5.44. The molecule has 2 aromatic heterocycles. The van der Waals surface area contributed by atoms with Crippen LogP contribution in [0.3, 0.4) is 0 Å². The van der Waals surface area contributed by atoms with Crippen LogP contribution in [-0.2, 0) is 17.5 Å². The molecule has 0 bridgehead atoms. The van der Waals surface area contributed by atoms with Crippen LogP contribution >= 0.6 is 11.6 Å². The number of aromatic nitrogens is 2. The highest BCUT2D eigenvalue weighted by molar-refractivity contribution is 6.31. The molecular weight excluding hydrogens is 551 g/mol. The van der Waals surface area contributed by atoms with Gasteiger partial charge in [0.05, 0.1) is 28.6 Å². The number of halogens is 6. The summed E-state index contributed by atoms with van der Waals surface area (Å²) in [5.74, 6) is -3.33. The number of nitrogens with one attached hydrogen (secondary N) is 1. The quantitative estimate of drug-likeness (QED) is 0.413. The predicted molar refractivity (Wildman–Crippen MR) is 130 cm³/mol. The van der Waals surface area contributed by atoms with Gasteiger partial charge in [-0.25, -0.2) is 18.6 Å². The molecule has 1 atom stereocenters. The SMILES string of the molecule is CN(C(=O)c1cnc(C(F)(F)F)c(Cl)c1)[C@H]1CN(C(=O)OC(C)(C)C)Cc2[nH]c(=O)c3cc(F)c(F)cc3c21. The number of H-pyrrole nitrogens is 1. The van der Waals surface area contributed by atoms with E-state index in [1.165, 1.54) is 11.9 Å². The van der Waals surface area contributed by atoms with Gasteiger partial charge in [-0.15, -0.1) is 0 Å². The molecular formula is C25H22ClF5N4O4. The fourth-order valence-corrected chi connectivity index (χ4v) is 4.62. The Morgan fingerprint density at radius 3 is 2.31 bits per heavy atom. The summed E-state index contributed by atoms with van der Waals surface area (Å²) in [5.41, 5.74) is -2.93. The van der Waals surface area contributed by atoms with Crippen LogP contribution in [0, 0.1) is 11.6 Å². The minimum absolute atomic E-state index is 0.00437. The summed E-state index contributed by atoms with van der Waals surface area (Å²) in [4.78, 5) is 47.2. The third-order valence-corrected chi connectivity index (χ3v) is 6.34. The monoisotopic (exact) mass is 572 g/mol. The molecule has 208 valence electrons. The minimum Gasteiger partial charge on any atom is -0.444 e. The lowest BCUT2D eigenvalue weighted by molar-refractivity contribution is -0.141. The van der Waals surface area contributed by atoms with Gasteiger partial charge >= 0.3 is 12.3 Å². The van der Waals surface area contributed by atoms with E-state index in [1.54, 1.807) is 20.8 Å². The highest BCUT2D eigenvalue weighted by Gasteiger charge is 2.39. The normalized spacial score (nSPS) is 15.7. The Kier molecular flexibility index (Phi) is 7.09. The molecule has 0 fully saturated rings. The molecule has 4 rings (SSSR count). The first-order valence-electron chi connectivity index (χ1n) is 11.5. The third-order valence-electron chi connectivity index (χ3n) is 6.06. The number of alkyl halides is 3. The van der Waals surface area contributed by atoms with E-state index < -0.39 is 57.7 Å². The number of fused-ring (bicyclic) bond motifs is 3. The smallest absolute Gasteiger partial charge is 0.434 e. The summed E-state index contributed by atoms with van der Waals surface area (Å²) in [6.45, 7) is 4.55. The van der Waals surface area contributed by atoms with E-state index >= 15 is 0 Å². The molecule has 14 heteroatoms. The number of likely N-dealkylation sites (N-methyl/N-ethyl adjacent to an activating group) is 1. The molecule has 0 saturated carbocycles. The van der Waals surface area contributed by atoms with Crippen molar-refractivity contribution in [1.29, 1.82) is 0 Å². The number of carbonyl (C=O) groups excluding carboxylic acids is 2. The Morgan fingerprint density at radius 2 is 1.74 bits per heavy atom. The maximum atomic E-state index is 14.3. The van der Waals surface area contributed by atoms with E-state index in [0.29, 0.717) is 6.20 Å². The maximum Gasteiger partial charge on any atom is 0.434 e. The van der Waals surface area contributed by atoms with E-state index in [-0.39, 0.29) is 40.7 Å². The fourth-order valence-electron chi connectivity index (χ4n) is 4.34. The van der Waals surface area contributed by atoms with Gasteiger partial charge in [0.15, 0.2) is 17.3 Å². The van der Waals surface area contributed by atoms with Gasteiger partial charge in [0, 0.05) is 31.0 Å². The number of carbonyl (C=O) groups is 2. The third kappa shape index (κ3) is 5.54. The van der Waals surface area contributed by atoms with Gasteiger partial charge < -0.3 is 14.6 Å². The number of rotatable bonds is 2. The molecule has 1 N–H and O–H groups in total. The minimum atomic E-state index is -4.84. The Hall–Kier alpha value is -3.74. The topological polar surface area (TPSA) is 95.6 Å². The Morgan fingerprint density at radius 1 is 1.13 bits per heavy atom. The van der Waals surface area contributed by atoms with E-state index in [9.17, 15) is 36.3 Å². The van der Waals surface area contributed by atoms with Crippen molar-refractivity contribution in [2.45, 2.75) is 45.1 Å². The average Bonchev–Trinajstić information content (AvgIpc) is 2.81. The van der Waals surface area contributed by atoms with E-state index in [4.69, 9.17) is 16.3 Å². The number of hydrogen-bond donors (Lipinski definition) is 1. The summed E-state index contributed by atoms with van der Waals surface area (Å²) in [5, 5.41) is -0.985. The van der Waals surface area contributed by atoms with E-state index in [2.05, 4.69) is 9.97 Å². The molecule has 0 radical (unpaired) electrons. The molecule has 0 aliphatic carbocycles. The first kappa shape index (κ1) is 28.3. The number of aromatic amines is 1. The van der Waals surface area contributed by atoms with Crippen molar-refractivity contribution >= 4 is 34.4 Å². The summed E-state index contributed by atoms with van der Waals surface area (Å²) in [6, 6.07) is 1.29. The van der Waals surface area contributed by atoms with Gasteiger partial charge in [0.2, 0.25) is 0 Å². The van der Waals surface area contributed by atoms with Gasteiger partial charge in [-0.3, -0.25) is 14.5 Å². The Bertz CT molecular complexity index is 1550. The number of pyridine rings is 2. The van der Waals surface area contributed by atoms with Crippen LogP contribution < -0.4 is 5.56 Å². The van der Waals surface area contributed by atoms with Crippen molar-refractivity contribution in [3.63, 3.8) is 0 Å². The second kappa shape index (κ2) is 9.78. The molecule has 0 spiro atoms. The average molecular weight is 573 g/mol. The molecule has 1 aliphatic heterocycles. The Labute approximate surface area is 223 Å². The van der Waals surface area contributed by atoms with Gasteiger partial charge in [-0.05, 0) is 44.4 Å². The second-order valence-electron chi connectivity index (χ2n) is 10.0. The van der Waals surface area contributed by atoms with Gasteiger partial charge in [0.25, 0.3) is 11.5 Å². The van der Waals surface area contributed by atoms with Gasteiger partial charge in [-0.1, -0.05) is 11.6 Å². The molecule has 1 aromatic carbocycles. The first-order valence-corrected chi connectivity index (χ1v) is 11.9. The second-order valence-corrected chi connectivity index (χ2v) is 10.4. The molecule has 1 aliphatic rings. The number of nitrogens with zero attached hydrogens (tertiary/aromatic N) is 3. The molecule has 0 unspecified atom stereocenters. The van der Waals surface area contributed by atoms with Crippen LogP contribution in [0.15, 0.2) is 29.2 Å². The molecule has 3 aromatic rings. The van der Waals surface area contributed by atoms with Crippen molar-refractivity contribution < 1.29 is 36.3 Å². The summed E-state index contributed by atoms with van der Waals surface area (Å²) in [6.07, 6.45) is -4.90. The standard InChI is InChI=1S/C25H22ClF5N4O4/c1-24(2,3)39-23(38)35-9-17-19(12-6-15(27)16(28)7-13(12)21(36)33-17)18(10-35)34(4)22(37)11-5-14(26)20(32-8-11)25(29,30)31/h5-8,18H,9-10H2,1-4H3,(H,33,36)/t18-/m0/s1. The molecule has 8 nitrogen and oxygen atoms in total. The van der Waals surface area contributed by atoms with Crippen LogP contribution in [0.25, 0.3) is 10.8 Å². The fraction of sp³-hybridized carbons (Fsp3) is 0.360. The molecule has 39 heavy (non-hydrogen) atoms. The van der Waals surface area contributed by atoms with Crippen LogP contribution in [0.2, 0.25) is 5.02 Å². The van der Waals surface area contributed by atoms with Crippen LogP contribution in [0.4, 0.5) is 26.7 Å². The highest BCUT2D eigenvalue weighted by atomic mass is 35.5. The van der Waals surface area contributed by atoms with E-state index in [1.807, 2.05) is 0 Å². The van der Waals surface area contributed by atoms with Crippen molar-refractivity contribution in [3.05, 3.63) is 73.9 Å². The molecule has 2 amide bonds. The molecule has 0 saturated heterocycles. The number of benzene rings is 1. The van der Waals surface area contributed by atoms with Crippen molar-refractivity contribution in [2.24, 2.45) is 0 Å². The zero-order valence-corrected chi connectivity index (χ0v) is 21.8. The molecule has 3 heterocycles. The summed E-state index contributed by atoms with van der Waals surface area (Å²) in [7, 11) is 1.30. The van der Waals surface area contributed by atoms with Crippen molar-refractivity contribution in [2.75, 3.05) is 13.6 Å². The van der Waals surface area contributed by atoms with Gasteiger partial charge in [-0.2, -0.15) is 13.2 Å². The number of hydrogen-bond acceptors (Lipinski definition) is 5.